The van der Waals surface area contributed by atoms with E-state index in [1.165, 1.54) is 0 Å². The van der Waals surface area contributed by atoms with Crippen LogP contribution in [0.1, 0.15) is 29.1 Å². The van der Waals surface area contributed by atoms with Gasteiger partial charge in [-0.05, 0) is 31.2 Å². The fourth-order valence-corrected chi connectivity index (χ4v) is 2.61. The Bertz CT molecular complexity index is 1030. The molecule has 0 fully saturated rings. The molecule has 0 spiro atoms. The first kappa shape index (κ1) is 14.3. The minimum Gasteiger partial charge on any atom is -0.342 e. The van der Waals surface area contributed by atoms with E-state index in [1.807, 2.05) is 49.4 Å². The van der Waals surface area contributed by atoms with Gasteiger partial charge in [-0.2, -0.15) is 0 Å². The molecule has 0 aliphatic rings. The van der Waals surface area contributed by atoms with Crippen molar-refractivity contribution < 1.29 is 4.79 Å². The number of hydrogen-bond acceptors (Lipinski definition) is 4. The Kier molecular flexibility index (Phi) is 3.42. The number of para-hydroxylation sites is 1. The van der Waals surface area contributed by atoms with Crippen molar-refractivity contribution in [3.63, 3.8) is 0 Å². The van der Waals surface area contributed by atoms with E-state index in [2.05, 4.69) is 20.4 Å². The maximum Gasteiger partial charge on any atom is 0.251 e. The first-order chi connectivity index (χ1) is 11.7. The molecule has 2 heterocycles. The summed E-state index contributed by atoms with van der Waals surface area (Å²) < 4.78 is 1.64. The molecule has 0 aliphatic carbocycles. The van der Waals surface area contributed by atoms with Gasteiger partial charge in [-0.15, -0.1) is 5.10 Å². The highest BCUT2D eigenvalue weighted by atomic mass is 16.1. The number of carbonyl (C=O) groups is 1. The van der Waals surface area contributed by atoms with Gasteiger partial charge in [0.2, 0.25) is 0 Å². The van der Waals surface area contributed by atoms with Crippen molar-refractivity contribution in [3.8, 4) is 0 Å². The molecule has 4 rings (SSSR count). The number of hydrogen-bond donors (Lipinski definition) is 1. The first-order valence-electron chi connectivity index (χ1n) is 7.68. The molecule has 0 radical (unpaired) electrons. The Balaban J connectivity index is 1.66. The van der Waals surface area contributed by atoms with Crippen molar-refractivity contribution in [2.24, 2.45) is 0 Å². The van der Waals surface area contributed by atoms with Crippen molar-refractivity contribution in [1.29, 1.82) is 0 Å². The summed E-state index contributed by atoms with van der Waals surface area (Å²) in [6, 6.07) is 16.6. The van der Waals surface area contributed by atoms with Gasteiger partial charge in [0.1, 0.15) is 6.33 Å². The van der Waals surface area contributed by atoms with E-state index in [0.29, 0.717) is 11.4 Å². The highest BCUT2D eigenvalue weighted by Gasteiger charge is 2.16. The summed E-state index contributed by atoms with van der Waals surface area (Å²) in [5.74, 6) is 0.405. The number of carbonyl (C=O) groups excluding carboxylic acids is 1. The minimum absolute atomic E-state index is 0.148. The largest absolute Gasteiger partial charge is 0.342 e. The molecule has 1 atom stereocenters. The van der Waals surface area contributed by atoms with Gasteiger partial charge in [0.15, 0.2) is 11.5 Å². The van der Waals surface area contributed by atoms with E-state index in [-0.39, 0.29) is 11.9 Å². The lowest BCUT2D eigenvalue weighted by molar-refractivity contribution is 0.0938. The molecule has 0 saturated heterocycles. The van der Waals surface area contributed by atoms with Crippen LogP contribution >= 0.6 is 0 Å². The van der Waals surface area contributed by atoms with Crippen LogP contribution in [0.4, 0.5) is 0 Å². The van der Waals surface area contributed by atoms with Gasteiger partial charge in [-0.1, -0.05) is 30.3 Å². The molecule has 118 valence electrons. The van der Waals surface area contributed by atoms with Crippen LogP contribution in [-0.2, 0) is 0 Å². The number of amides is 1. The molecule has 1 N–H and O–H groups in total. The van der Waals surface area contributed by atoms with Gasteiger partial charge in [0, 0.05) is 10.9 Å². The van der Waals surface area contributed by atoms with E-state index in [1.54, 1.807) is 23.0 Å². The number of fused-ring (bicyclic) bond motifs is 3. The van der Waals surface area contributed by atoms with Gasteiger partial charge in [-0.3, -0.25) is 4.79 Å². The van der Waals surface area contributed by atoms with Gasteiger partial charge in [-0.25, -0.2) is 14.5 Å². The third-order valence-electron chi connectivity index (χ3n) is 3.87. The molecule has 2 aromatic carbocycles. The van der Waals surface area contributed by atoms with Gasteiger partial charge < -0.3 is 5.32 Å². The Morgan fingerprint density at radius 3 is 2.67 bits per heavy atom. The van der Waals surface area contributed by atoms with Crippen molar-refractivity contribution in [1.82, 2.24) is 24.9 Å². The van der Waals surface area contributed by atoms with Crippen LogP contribution in [0.3, 0.4) is 0 Å². The lowest BCUT2D eigenvalue weighted by atomic mass is 10.2. The molecule has 1 amide bonds. The Hall–Kier alpha value is -3.28. The molecular formula is C18H15N5O. The smallest absolute Gasteiger partial charge is 0.251 e. The summed E-state index contributed by atoms with van der Waals surface area (Å²) in [6.07, 6.45) is 1.64. The summed E-state index contributed by atoms with van der Waals surface area (Å²) in [5.41, 5.74) is 2.21. The molecular weight excluding hydrogens is 302 g/mol. The Morgan fingerprint density at radius 2 is 1.83 bits per heavy atom. The summed E-state index contributed by atoms with van der Waals surface area (Å²) in [4.78, 5) is 21.2. The molecule has 24 heavy (non-hydrogen) atoms. The predicted molar refractivity (Wildman–Crippen MR) is 90.6 cm³/mol. The van der Waals surface area contributed by atoms with Gasteiger partial charge >= 0.3 is 0 Å². The second-order valence-electron chi connectivity index (χ2n) is 5.56. The van der Waals surface area contributed by atoms with Gasteiger partial charge in [0.05, 0.1) is 11.6 Å². The van der Waals surface area contributed by atoms with Gasteiger partial charge in [0.25, 0.3) is 5.91 Å². The van der Waals surface area contributed by atoms with Crippen molar-refractivity contribution in [2.75, 3.05) is 0 Å². The zero-order chi connectivity index (χ0) is 16.5. The molecule has 0 bridgehead atoms. The average molecular weight is 317 g/mol. The SMILES string of the molecule is CC(NC(=O)c1ccccc1)c1nc2c3ccccc3ncn2n1. The number of nitrogens with zero attached hydrogens (tertiary/aromatic N) is 4. The summed E-state index contributed by atoms with van der Waals surface area (Å²) in [6.45, 7) is 1.87. The quantitative estimate of drug-likeness (QED) is 0.630. The summed E-state index contributed by atoms with van der Waals surface area (Å²) in [5, 5.41) is 8.29. The molecule has 0 saturated carbocycles. The fraction of sp³-hybridized carbons (Fsp3) is 0.111. The number of rotatable bonds is 3. The second-order valence-corrected chi connectivity index (χ2v) is 5.56. The van der Waals surface area contributed by atoms with Crippen LogP contribution in [0.2, 0.25) is 0 Å². The second kappa shape index (κ2) is 5.73. The third kappa shape index (κ3) is 2.48. The first-order valence-corrected chi connectivity index (χ1v) is 7.68. The summed E-state index contributed by atoms with van der Waals surface area (Å²) in [7, 11) is 0. The van der Waals surface area contributed by atoms with E-state index in [9.17, 15) is 4.79 Å². The highest BCUT2D eigenvalue weighted by Crippen LogP contribution is 2.18. The molecule has 0 aliphatic heterocycles. The van der Waals surface area contributed by atoms with E-state index in [4.69, 9.17) is 0 Å². The van der Waals surface area contributed by atoms with Crippen LogP contribution in [0.25, 0.3) is 16.6 Å². The molecule has 4 aromatic rings. The maximum atomic E-state index is 12.3. The van der Waals surface area contributed by atoms with Crippen LogP contribution in [0, 0.1) is 0 Å². The van der Waals surface area contributed by atoms with E-state index < -0.39 is 0 Å². The molecule has 6 nitrogen and oxygen atoms in total. The number of benzene rings is 2. The number of aromatic nitrogens is 4. The lowest BCUT2D eigenvalue weighted by Crippen LogP contribution is -2.27. The van der Waals surface area contributed by atoms with Crippen LogP contribution in [-0.4, -0.2) is 25.5 Å². The normalized spacial score (nSPS) is 12.4. The van der Waals surface area contributed by atoms with Crippen LogP contribution in [0.15, 0.2) is 60.9 Å². The Labute approximate surface area is 138 Å². The molecule has 6 heteroatoms. The average Bonchev–Trinajstić information content (AvgIpc) is 3.07. The zero-order valence-electron chi connectivity index (χ0n) is 13.0. The highest BCUT2D eigenvalue weighted by molar-refractivity contribution is 5.94. The number of nitrogens with one attached hydrogen (secondary N) is 1. The maximum absolute atomic E-state index is 12.3. The monoisotopic (exact) mass is 317 g/mol. The topological polar surface area (TPSA) is 72.2 Å². The fourth-order valence-electron chi connectivity index (χ4n) is 2.61. The Morgan fingerprint density at radius 1 is 1.08 bits per heavy atom. The molecule has 2 aromatic heterocycles. The van der Waals surface area contributed by atoms with Crippen molar-refractivity contribution in [2.45, 2.75) is 13.0 Å². The van der Waals surface area contributed by atoms with E-state index >= 15 is 0 Å². The lowest BCUT2D eigenvalue weighted by Gasteiger charge is -2.10. The summed E-state index contributed by atoms with van der Waals surface area (Å²) >= 11 is 0. The zero-order valence-corrected chi connectivity index (χ0v) is 13.0. The van der Waals surface area contributed by atoms with Crippen molar-refractivity contribution in [3.05, 3.63) is 72.3 Å². The molecule has 1 unspecified atom stereocenters. The van der Waals surface area contributed by atoms with E-state index in [0.717, 1.165) is 16.6 Å². The standard InChI is InChI=1S/C18H15N5O/c1-12(20-18(24)13-7-3-2-4-8-13)16-21-17-14-9-5-6-10-15(14)19-11-23(17)22-16/h2-12H,1H3,(H,20,24). The van der Waals surface area contributed by atoms with Crippen LogP contribution in [0.5, 0.6) is 0 Å². The third-order valence-corrected chi connectivity index (χ3v) is 3.87. The minimum atomic E-state index is -0.309. The predicted octanol–water partition coefficient (Wildman–Crippen LogP) is 2.77. The van der Waals surface area contributed by atoms with Crippen LogP contribution < -0.4 is 5.32 Å². The van der Waals surface area contributed by atoms with Crippen molar-refractivity contribution >= 4 is 22.5 Å².